The first-order valence-electron chi connectivity index (χ1n) is 28.3. The number of nitrogens with zero attached hydrogens (tertiary/aromatic N) is 4. The van der Waals surface area contributed by atoms with E-state index in [-0.39, 0.29) is 43.3 Å². The monoisotopic (exact) mass is 1060 g/mol. The van der Waals surface area contributed by atoms with Crippen LogP contribution in [0, 0.1) is 39.6 Å². The Morgan fingerprint density at radius 3 is 1.93 bits per heavy atom. The number of hydrogen-bond acceptors (Lipinski definition) is 3. The Balaban J connectivity index is 0.00000720. The summed E-state index contributed by atoms with van der Waals surface area (Å²) in [7, 11) is 0. The number of rotatable bonds is 8. The maximum atomic E-state index is 9.53. The van der Waals surface area contributed by atoms with Crippen LogP contribution in [0.4, 0.5) is 22.7 Å². The van der Waals surface area contributed by atoms with Crippen molar-refractivity contribution in [1.82, 2.24) is 9.55 Å². The molecule has 0 bridgehead atoms. The maximum absolute atomic E-state index is 9.53. The van der Waals surface area contributed by atoms with Crippen LogP contribution in [-0.4, -0.2) is 9.55 Å². The minimum absolute atomic E-state index is 0. The van der Waals surface area contributed by atoms with E-state index in [0.29, 0.717) is 23.5 Å². The summed E-state index contributed by atoms with van der Waals surface area (Å²) >= 11 is 0. The molecule has 0 saturated heterocycles. The van der Waals surface area contributed by atoms with Crippen LogP contribution in [-0.2, 0) is 32.9 Å². The number of benzene rings is 8. The van der Waals surface area contributed by atoms with Crippen LogP contribution in [0.1, 0.15) is 72.0 Å². The van der Waals surface area contributed by atoms with Gasteiger partial charge in [0.25, 0.3) is 0 Å². The first-order chi connectivity index (χ1) is 37.5. The van der Waals surface area contributed by atoms with Crippen LogP contribution in [0.15, 0.2) is 182 Å². The third-order valence-electron chi connectivity index (χ3n) is 12.2. The fourth-order valence-electron chi connectivity index (χ4n) is 9.34. The number of aromatic nitrogens is 2. The number of pyridine rings is 1. The summed E-state index contributed by atoms with van der Waals surface area (Å²) in [5, 5.41) is 2.08. The third-order valence-corrected chi connectivity index (χ3v) is 12.2. The first kappa shape index (κ1) is 31.1. The van der Waals surface area contributed by atoms with Crippen molar-refractivity contribution in [2.24, 2.45) is 0 Å². The molecule has 1 aliphatic heterocycles. The Morgan fingerprint density at radius 1 is 0.612 bits per heavy atom. The van der Waals surface area contributed by atoms with E-state index in [0.717, 1.165) is 72.1 Å². The smallest absolute Gasteiger partial charge is 0.135 e. The van der Waals surface area contributed by atoms with Gasteiger partial charge in [-0.3, -0.25) is 0 Å². The molecule has 0 fully saturated rings. The molecule has 0 N–H and O–H groups in total. The fraction of sp³-hybridized carbons (Fsp3) is 0.129. The van der Waals surface area contributed by atoms with Gasteiger partial charge in [-0.05, 0) is 102 Å². The van der Waals surface area contributed by atoms with Crippen LogP contribution in [0.2, 0.25) is 0 Å². The van der Waals surface area contributed by atoms with Crippen LogP contribution < -0.4 is 9.80 Å². The van der Waals surface area contributed by atoms with Gasteiger partial charge in [-0.1, -0.05) is 153 Å². The van der Waals surface area contributed by atoms with E-state index in [4.69, 9.17) is 13.2 Å². The maximum Gasteiger partial charge on any atom is 0.135 e. The van der Waals surface area contributed by atoms with Crippen LogP contribution in [0.5, 0.6) is 0 Å². The molecule has 4 nitrogen and oxygen atoms in total. The SMILES string of the molecule is [2H]c1c([2H])c([2H])c(-c2c([2H])c([2H])c([2H])c(-c3c([2H])c([2H])c([2H])c([2H])c3[2H])c2N2[CH-]N(c3[c-]c(Cc4[c-]c5c(cc4)c4ccccc4n5-c4cc(C(C)(C)C)ccn4)cc(-c4c(C)cc(C)cc4C)c3)c3ccccc32)c([2H])c1[2H].[Pt]. The molecule has 5 heteroatoms. The zero-order valence-electron chi connectivity index (χ0n) is 50.7. The van der Waals surface area contributed by atoms with Gasteiger partial charge in [0.1, 0.15) is 5.82 Å². The molecule has 0 saturated carbocycles. The minimum Gasteiger partial charge on any atom is -0.493 e. The van der Waals surface area contributed by atoms with Crippen molar-refractivity contribution in [3.8, 4) is 39.2 Å². The van der Waals surface area contributed by atoms with Gasteiger partial charge in [0, 0.05) is 61.0 Å². The van der Waals surface area contributed by atoms with Crippen molar-refractivity contribution in [1.29, 1.82) is 0 Å². The van der Waals surface area contributed by atoms with Gasteiger partial charge >= 0.3 is 0 Å². The average molecular weight is 1060 g/mol. The molecule has 0 aliphatic carbocycles. The standard InChI is InChI=1S/C62H51N4.Pt/c1-41-32-42(2)60(43(3)33-41)48-35-45(34-44-28-29-54-53-22-13-14-25-55(53)66(58(54)37-44)59-39-49(30-31-63-59)62(4,5)6)36-50(38-48)64-40-65(57-27-16-15-26-56(57)64)61-51(46-18-9-7-10-19-46)23-17-24-52(61)47-20-11-8-12-21-47;/h7-33,35,38-40H,34H2,1-6H3;/q-3;/i7D,8D,9D,10D,11D,12D,17D,18D,19D,20D,21D,23D,24D;. The second-order valence-corrected chi connectivity index (χ2v) is 17.8. The fourth-order valence-corrected chi connectivity index (χ4v) is 9.34. The molecular formula is C62H51N4Pt-3. The number of hydrogen-bond donors (Lipinski definition) is 0. The van der Waals surface area contributed by atoms with Crippen molar-refractivity contribution in [3.63, 3.8) is 0 Å². The largest absolute Gasteiger partial charge is 0.493 e. The van der Waals surface area contributed by atoms with Crippen molar-refractivity contribution >= 4 is 44.6 Å². The van der Waals surface area contributed by atoms with Gasteiger partial charge in [0.2, 0.25) is 0 Å². The predicted molar refractivity (Wildman–Crippen MR) is 276 cm³/mol. The Labute approximate surface area is 427 Å². The van der Waals surface area contributed by atoms with Gasteiger partial charge in [-0.25, -0.2) is 4.98 Å². The summed E-state index contributed by atoms with van der Waals surface area (Å²) in [6, 6.07) is 30.5. The first-order valence-corrected chi connectivity index (χ1v) is 21.8. The third kappa shape index (κ3) is 8.08. The number of fused-ring (bicyclic) bond motifs is 4. The number of anilines is 4. The Hall–Kier alpha value is -7.00. The zero-order chi connectivity index (χ0) is 56.4. The second kappa shape index (κ2) is 17.7. The number of para-hydroxylation sites is 4. The van der Waals surface area contributed by atoms with Gasteiger partial charge in [0.05, 0.1) is 17.8 Å². The number of aryl methyl sites for hydroxylation is 3. The van der Waals surface area contributed by atoms with E-state index >= 15 is 0 Å². The minimum atomic E-state index is -0.753. The topological polar surface area (TPSA) is 24.3 Å². The predicted octanol–water partition coefficient (Wildman–Crippen LogP) is 16.0. The van der Waals surface area contributed by atoms with Crippen molar-refractivity contribution < 1.29 is 38.9 Å². The molecule has 0 amide bonds. The summed E-state index contributed by atoms with van der Waals surface area (Å²) in [6.45, 7) is 14.4. The molecule has 67 heavy (non-hydrogen) atoms. The quantitative estimate of drug-likeness (QED) is 0.142. The van der Waals surface area contributed by atoms with E-state index in [1.165, 1.54) is 0 Å². The van der Waals surface area contributed by atoms with E-state index in [1.54, 1.807) is 23.7 Å². The zero-order valence-corrected chi connectivity index (χ0v) is 40.0. The van der Waals surface area contributed by atoms with Gasteiger partial charge in [-0.2, -0.15) is 41.5 Å². The van der Waals surface area contributed by atoms with Gasteiger partial charge in [-0.15, -0.1) is 29.4 Å². The molecule has 8 aromatic carbocycles. The van der Waals surface area contributed by atoms with Gasteiger partial charge in [0.15, 0.2) is 0 Å². The Morgan fingerprint density at radius 2 is 1.25 bits per heavy atom. The molecule has 0 atom stereocenters. The molecule has 2 aromatic heterocycles. The van der Waals surface area contributed by atoms with Crippen LogP contribution in [0.25, 0.3) is 61.0 Å². The Bertz CT molecular complexity index is 4070. The summed E-state index contributed by atoms with van der Waals surface area (Å²) in [5.41, 5.74) is 9.23. The molecule has 11 rings (SSSR count). The summed E-state index contributed by atoms with van der Waals surface area (Å²) in [4.78, 5) is 8.28. The summed E-state index contributed by atoms with van der Waals surface area (Å²) < 4.78 is 119. The van der Waals surface area contributed by atoms with E-state index in [9.17, 15) is 9.60 Å². The van der Waals surface area contributed by atoms with E-state index in [2.05, 4.69) is 107 Å². The molecule has 0 spiro atoms. The Kier molecular flexibility index (Phi) is 8.19. The summed E-state index contributed by atoms with van der Waals surface area (Å²) in [5.74, 6) is 0.776. The molecule has 332 valence electrons. The van der Waals surface area contributed by atoms with Gasteiger partial charge < -0.3 is 14.4 Å². The molecule has 0 radical (unpaired) electrons. The van der Waals surface area contributed by atoms with Crippen LogP contribution >= 0.6 is 0 Å². The molecular weight excluding hydrogens is 996 g/mol. The van der Waals surface area contributed by atoms with Crippen molar-refractivity contribution in [2.75, 3.05) is 9.80 Å². The van der Waals surface area contributed by atoms with Crippen LogP contribution in [0.3, 0.4) is 0 Å². The van der Waals surface area contributed by atoms with E-state index in [1.807, 2.05) is 47.5 Å². The molecule has 3 heterocycles. The molecule has 10 aromatic rings. The average Bonchev–Trinajstić information content (AvgIpc) is 4.11. The molecule has 1 aliphatic rings. The molecule has 0 unspecified atom stereocenters. The second-order valence-electron chi connectivity index (χ2n) is 17.8. The van der Waals surface area contributed by atoms with E-state index < -0.39 is 89.7 Å². The van der Waals surface area contributed by atoms with Crippen molar-refractivity contribution in [2.45, 2.75) is 53.4 Å². The normalized spacial score (nSPS) is 15.2. The summed E-state index contributed by atoms with van der Waals surface area (Å²) in [6.07, 6.45) is 2.23. The van der Waals surface area contributed by atoms with Crippen molar-refractivity contribution in [3.05, 3.63) is 234 Å².